The van der Waals surface area contributed by atoms with Crippen molar-refractivity contribution in [1.29, 1.82) is 0 Å². The van der Waals surface area contributed by atoms with E-state index in [0.29, 0.717) is 0 Å². The molecule has 0 heterocycles. The predicted molar refractivity (Wildman–Crippen MR) is 29.7 cm³/mol. The zero-order valence-electron chi connectivity index (χ0n) is 4.96. The number of carbonyl (C=O) groups is 2. The van der Waals surface area contributed by atoms with Gasteiger partial charge in [0.1, 0.15) is 0 Å². The summed E-state index contributed by atoms with van der Waals surface area (Å²) >= 11 is 0. The summed E-state index contributed by atoms with van der Waals surface area (Å²) in [7, 11) is 0. The summed E-state index contributed by atoms with van der Waals surface area (Å²) in [6.07, 6.45) is -0.0741. The van der Waals surface area contributed by atoms with Gasteiger partial charge in [-0.15, -0.1) is 0 Å². The molecule has 0 spiro atoms. The number of rotatable bonds is 3. The van der Waals surface area contributed by atoms with Crippen LogP contribution in [0.4, 0.5) is 0 Å². The van der Waals surface area contributed by atoms with Crippen LogP contribution in [0.25, 0.3) is 0 Å². The maximum atomic E-state index is 10.2. The average molecular weight is 132 g/mol. The van der Waals surface area contributed by atoms with E-state index in [1.54, 1.807) is 0 Å². The van der Waals surface area contributed by atoms with Gasteiger partial charge in [0.2, 0.25) is 5.91 Å². The normalized spacial score (nSPS) is 12.6. The molecule has 0 aromatic heterocycles. The molecule has 52 valence electrons. The fourth-order valence-corrected chi connectivity index (χ4v) is 0.343. The zero-order chi connectivity index (χ0) is 7.44. The Morgan fingerprint density at radius 2 is 1.89 bits per heavy atom. The molecule has 1 atom stereocenters. The molecule has 0 aliphatic heterocycles. The molecular formula is C4H10N3O2+. The first-order valence-corrected chi connectivity index (χ1v) is 2.44. The Kier molecular flexibility index (Phi) is 2.66. The van der Waals surface area contributed by atoms with Crippen LogP contribution in [0.1, 0.15) is 6.42 Å². The lowest BCUT2D eigenvalue weighted by molar-refractivity contribution is -0.401. The van der Waals surface area contributed by atoms with Crippen molar-refractivity contribution in [3.8, 4) is 0 Å². The van der Waals surface area contributed by atoms with Crippen LogP contribution in [0.2, 0.25) is 0 Å². The minimum atomic E-state index is -0.692. The SMILES string of the molecule is NC(=O)C[C@@H]([NH3+])C(N)=O. The highest BCUT2D eigenvalue weighted by Crippen LogP contribution is 1.79. The van der Waals surface area contributed by atoms with Crippen LogP contribution in [-0.4, -0.2) is 17.9 Å². The van der Waals surface area contributed by atoms with E-state index in [1.165, 1.54) is 0 Å². The number of hydrogen-bond acceptors (Lipinski definition) is 2. The predicted octanol–water partition coefficient (Wildman–Crippen LogP) is -3.04. The van der Waals surface area contributed by atoms with Gasteiger partial charge in [0.05, 0.1) is 6.42 Å². The van der Waals surface area contributed by atoms with E-state index in [4.69, 9.17) is 11.5 Å². The highest BCUT2D eigenvalue weighted by molar-refractivity contribution is 5.85. The average Bonchev–Trinajstić information content (AvgIpc) is 1.63. The number of amides is 2. The van der Waals surface area contributed by atoms with Gasteiger partial charge < -0.3 is 17.2 Å². The van der Waals surface area contributed by atoms with Gasteiger partial charge in [-0.25, -0.2) is 0 Å². The summed E-state index contributed by atoms with van der Waals surface area (Å²) < 4.78 is 0. The van der Waals surface area contributed by atoms with Crippen LogP contribution in [0, 0.1) is 0 Å². The Balaban J connectivity index is 3.63. The topological polar surface area (TPSA) is 114 Å². The minimum absolute atomic E-state index is 0.0741. The van der Waals surface area contributed by atoms with Crippen LogP contribution in [0.3, 0.4) is 0 Å². The van der Waals surface area contributed by atoms with Crippen LogP contribution in [-0.2, 0) is 9.59 Å². The third kappa shape index (κ3) is 3.48. The van der Waals surface area contributed by atoms with Crippen molar-refractivity contribution in [2.24, 2.45) is 11.5 Å². The van der Waals surface area contributed by atoms with Crippen LogP contribution in [0.15, 0.2) is 0 Å². The number of carbonyl (C=O) groups excluding carboxylic acids is 2. The van der Waals surface area contributed by atoms with Crippen molar-refractivity contribution >= 4 is 11.8 Å². The molecule has 2 amide bonds. The Labute approximate surface area is 52.2 Å². The van der Waals surface area contributed by atoms with Gasteiger partial charge in [-0.3, -0.25) is 9.59 Å². The van der Waals surface area contributed by atoms with E-state index in [0.717, 1.165) is 0 Å². The zero-order valence-corrected chi connectivity index (χ0v) is 4.96. The molecule has 0 radical (unpaired) electrons. The van der Waals surface area contributed by atoms with E-state index in [2.05, 4.69) is 5.73 Å². The number of hydrogen-bond donors (Lipinski definition) is 3. The molecule has 0 saturated carbocycles. The summed E-state index contributed by atoms with van der Waals surface area (Å²) in [4.78, 5) is 20.3. The summed E-state index contributed by atoms with van der Waals surface area (Å²) in [5.74, 6) is -1.16. The lowest BCUT2D eigenvalue weighted by atomic mass is 10.2. The van der Waals surface area contributed by atoms with E-state index < -0.39 is 17.9 Å². The second kappa shape index (κ2) is 3.03. The molecule has 0 bridgehead atoms. The maximum Gasteiger partial charge on any atom is 0.276 e. The van der Waals surface area contributed by atoms with Gasteiger partial charge in [-0.1, -0.05) is 0 Å². The van der Waals surface area contributed by atoms with Crippen molar-refractivity contribution in [2.75, 3.05) is 0 Å². The van der Waals surface area contributed by atoms with E-state index in [1.807, 2.05) is 0 Å². The van der Waals surface area contributed by atoms with Crippen molar-refractivity contribution in [3.63, 3.8) is 0 Å². The van der Waals surface area contributed by atoms with Crippen LogP contribution >= 0.6 is 0 Å². The first-order valence-electron chi connectivity index (χ1n) is 2.44. The standard InChI is InChI=1S/C4H9N3O2/c5-2(4(7)9)1-3(6)8/h2H,1,5H2,(H2,6,8)(H2,7,9)/p+1/t2-/m1/s1. The monoisotopic (exact) mass is 132 g/mol. The van der Waals surface area contributed by atoms with Crippen molar-refractivity contribution in [1.82, 2.24) is 0 Å². The molecule has 0 aliphatic carbocycles. The Hall–Kier alpha value is -1.10. The fourth-order valence-electron chi connectivity index (χ4n) is 0.343. The second-order valence-corrected chi connectivity index (χ2v) is 1.77. The van der Waals surface area contributed by atoms with Gasteiger partial charge in [0.15, 0.2) is 6.04 Å². The van der Waals surface area contributed by atoms with E-state index >= 15 is 0 Å². The third-order valence-electron chi connectivity index (χ3n) is 0.850. The first kappa shape index (κ1) is 7.90. The molecule has 9 heavy (non-hydrogen) atoms. The maximum absolute atomic E-state index is 10.2. The van der Waals surface area contributed by atoms with Crippen molar-refractivity contribution < 1.29 is 15.3 Å². The largest absolute Gasteiger partial charge is 0.369 e. The smallest absolute Gasteiger partial charge is 0.276 e. The fraction of sp³-hybridized carbons (Fsp3) is 0.500. The molecule has 0 aliphatic rings. The summed E-state index contributed by atoms with van der Waals surface area (Å²) in [5, 5.41) is 0. The van der Waals surface area contributed by atoms with Crippen molar-refractivity contribution in [2.45, 2.75) is 12.5 Å². The minimum Gasteiger partial charge on any atom is -0.369 e. The van der Waals surface area contributed by atoms with Crippen LogP contribution < -0.4 is 17.2 Å². The van der Waals surface area contributed by atoms with E-state index in [9.17, 15) is 9.59 Å². The summed E-state index contributed by atoms with van der Waals surface area (Å²) in [5.41, 5.74) is 12.8. The Morgan fingerprint density at radius 3 is 2.00 bits per heavy atom. The lowest BCUT2D eigenvalue weighted by Gasteiger charge is -1.97. The third-order valence-corrected chi connectivity index (χ3v) is 0.850. The Morgan fingerprint density at radius 1 is 1.44 bits per heavy atom. The quantitative estimate of drug-likeness (QED) is 0.379. The highest BCUT2D eigenvalue weighted by atomic mass is 16.2. The molecular weight excluding hydrogens is 122 g/mol. The summed E-state index contributed by atoms with van der Waals surface area (Å²) in [6.45, 7) is 0. The molecule has 0 saturated heterocycles. The molecule has 0 rings (SSSR count). The van der Waals surface area contributed by atoms with Gasteiger partial charge in [0.25, 0.3) is 5.91 Å². The Bertz CT molecular complexity index is 134. The molecule has 0 aromatic carbocycles. The number of quaternary nitrogens is 1. The van der Waals surface area contributed by atoms with Gasteiger partial charge in [-0.2, -0.15) is 0 Å². The first-order chi connectivity index (χ1) is 4.04. The van der Waals surface area contributed by atoms with E-state index in [-0.39, 0.29) is 6.42 Å². The summed E-state index contributed by atoms with van der Waals surface area (Å²) in [6, 6.07) is -0.692. The van der Waals surface area contributed by atoms with Gasteiger partial charge in [0, 0.05) is 0 Å². The lowest BCUT2D eigenvalue weighted by Crippen LogP contribution is -2.67. The molecule has 0 fully saturated rings. The second-order valence-electron chi connectivity index (χ2n) is 1.77. The van der Waals surface area contributed by atoms with Gasteiger partial charge >= 0.3 is 0 Å². The molecule has 5 nitrogen and oxygen atoms in total. The number of nitrogens with two attached hydrogens (primary N) is 2. The van der Waals surface area contributed by atoms with Gasteiger partial charge in [-0.05, 0) is 0 Å². The molecule has 7 N–H and O–H groups in total. The molecule has 5 heteroatoms. The highest BCUT2D eigenvalue weighted by Gasteiger charge is 2.15. The van der Waals surface area contributed by atoms with Crippen molar-refractivity contribution in [3.05, 3.63) is 0 Å². The molecule has 0 unspecified atom stereocenters. The molecule has 0 aromatic rings. The van der Waals surface area contributed by atoms with Crippen LogP contribution in [0.5, 0.6) is 0 Å². The number of primary amides is 2.